The summed E-state index contributed by atoms with van der Waals surface area (Å²) < 4.78 is 5.08. The van der Waals surface area contributed by atoms with Crippen LogP contribution in [0.15, 0.2) is 18.2 Å². The van der Waals surface area contributed by atoms with E-state index in [1.165, 1.54) is 0 Å². The minimum absolute atomic E-state index is 0.433. The van der Waals surface area contributed by atoms with Crippen molar-refractivity contribution >= 4 is 5.69 Å². The van der Waals surface area contributed by atoms with E-state index in [2.05, 4.69) is 12.1 Å². The van der Waals surface area contributed by atoms with Gasteiger partial charge in [-0.15, -0.1) is 0 Å². The summed E-state index contributed by atoms with van der Waals surface area (Å²) in [4.78, 5) is 2.04. The summed E-state index contributed by atoms with van der Waals surface area (Å²) >= 11 is 0. The number of benzene rings is 1. The van der Waals surface area contributed by atoms with Gasteiger partial charge in [-0.25, -0.2) is 0 Å². The average molecular weight is 243 g/mol. The van der Waals surface area contributed by atoms with Gasteiger partial charge >= 0.3 is 0 Å². The van der Waals surface area contributed by atoms with Crippen LogP contribution in [0.3, 0.4) is 0 Å². The van der Waals surface area contributed by atoms with E-state index in [4.69, 9.17) is 15.3 Å². The molecule has 0 N–H and O–H groups in total. The van der Waals surface area contributed by atoms with E-state index in [-0.39, 0.29) is 0 Å². The van der Waals surface area contributed by atoms with E-state index in [0.717, 1.165) is 11.3 Å². The van der Waals surface area contributed by atoms with Crippen LogP contribution in [-0.4, -0.2) is 26.8 Å². The zero-order valence-corrected chi connectivity index (χ0v) is 10.8. The number of para-hydroxylation sites is 1. The zero-order chi connectivity index (χ0) is 13.4. The number of methoxy groups -OCH3 is 1. The quantitative estimate of drug-likeness (QED) is 0.768. The maximum Gasteiger partial charge on any atom is 0.101 e. The highest BCUT2D eigenvalue weighted by atomic mass is 16.5. The van der Waals surface area contributed by atoms with Gasteiger partial charge in [0.2, 0.25) is 0 Å². The summed E-state index contributed by atoms with van der Waals surface area (Å²) in [7, 11) is 1.64. The second kappa shape index (κ2) is 7.32. The van der Waals surface area contributed by atoms with Crippen LogP contribution in [0.5, 0.6) is 0 Å². The van der Waals surface area contributed by atoms with Crippen LogP contribution < -0.4 is 4.90 Å². The van der Waals surface area contributed by atoms with E-state index in [1.54, 1.807) is 13.2 Å². The molecule has 0 atom stereocenters. The standard InChI is InChI=1S/C14H17N3O/c1-12-5-3-6-13(11-16)14(12)17(8-4-7-15)9-10-18-2/h3,5-6H,4,8-10H2,1-2H3. The lowest BCUT2D eigenvalue weighted by molar-refractivity contribution is 0.205. The number of nitrogens with zero attached hydrogens (tertiary/aromatic N) is 3. The van der Waals surface area contributed by atoms with Crippen LogP contribution in [0.4, 0.5) is 5.69 Å². The molecule has 0 heterocycles. The molecule has 1 aromatic rings. The van der Waals surface area contributed by atoms with Gasteiger partial charge in [0, 0.05) is 20.2 Å². The first-order chi connectivity index (χ1) is 8.74. The van der Waals surface area contributed by atoms with Gasteiger partial charge in [0.25, 0.3) is 0 Å². The summed E-state index contributed by atoms with van der Waals surface area (Å²) in [6.07, 6.45) is 0.433. The molecule has 1 rings (SSSR count). The first-order valence-electron chi connectivity index (χ1n) is 5.85. The molecule has 0 aliphatic heterocycles. The minimum Gasteiger partial charge on any atom is -0.383 e. The van der Waals surface area contributed by atoms with Gasteiger partial charge in [0.15, 0.2) is 0 Å². The Morgan fingerprint density at radius 1 is 1.28 bits per heavy atom. The van der Waals surface area contributed by atoms with Crippen molar-refractivity contribution < 1.29 is 4.74 Å². The molecule has 4 nitrogen and oxygen atoms in total. The molecular weight excluding hydrogens is 226 g/mol. The van der Waals surface area contributed by atoms with Gasteiger partial charge in [-0.2, -0.15) is 10.5 Å². The van der Waals surface area contributed by atoms with Crippen LogP contribution >= 0.6 is 0 Å². The van der Waals surface area contributed by atoms with Crippen LogP contribution in [0.25, 0.3) is 0 Å². The lowest BCUT2D eigenvalue weighted by Gasteiger charge is -2.26. The van der Waals surface area contributed by atoms with Gasteiger partial charge < -0.3 is 9.64 Å². The van der Waals surface area contributed by atoms with Crippen molar-refractivity contribution in [1.82, 2.24) is 0 Å². The van der Waals surface area contributed by atoms with Crippen LogP contribution in [-0.2, 0) is 4.74 Å². The normalized spacial score (nSPS) is 9.56. The lowest BCUT2D eigenvalue weighted by Crippen LogP contribution is -2.29. The largest absolute Gasteiger partial charge is 0.383 e. The predicted octanol–water partition coefficient (Wildman–Crippen LogP) is 2.23. The number of aryl methyl sites for hydroxylation is 1. The highest BCUT2D eigenvalue weighted by molar-refractivity contribution is 5.64. The Morgan fingerprint density at radius 2 is 2.06 bits per heavy atom. The van der Waals surface area contributed by atoms with Crippen molar-refractivity contribution in [2.45, 2.75) is 13.3 Å². The Morgan fingerprint density at radius 3 is 2.67 bits per heavy atom. The molecule has 0 saturated carbocycles. The topological polar surface area (TPSA) is 60.0 Å². The highest BCUT2D eigenvalue weighted by Crippen LogP contribution is 2.24. The van der Waals surface area contributed by atoms with Gasteiger partial charge in [-0.3, -0.25) is 0 Å². The van der Waals surface area contributed by atoms with Gasteiger partial charge in [0.05, 0.1) is 30.3 Å². The molecule has 0 amide bonds. The van der Waals surface area contributed by atoms with Crippen molar-refractivity contribution in [2.24, 2.45) is 0 Å². The summed E-state index contributed by atoms with van der Waals surface area (Å²) in [5, 5.41) is 17.9. The fraction of sp³-hybridized carbons (Fsp3) is 0.429. The van der Waals surface area contributed by atoms with Gasteiger partial charge in [-0.1, -0.05) is 12.1 Å². The van der Waals surface area contributed by atoms with Gasteiger partial charge in [0.1, 0.15) is 6.07 Å². The molecule has 0 saturated heterocycles. The third-order valence-corrected chi connectivity index (χ3v) is 2.73. The van der Waals surface area contributed by atoms with E-state index in [9.17, 15) is 0 Å². The number of ether oxygens (including phenoxy) is 1. The number of rotatable bonds is 6. The first-order valence-corrected chi connectivity index (χ1v) is 5.85. The van der Waals surface area contributed by atoms with Crippen molar-refractivity contribution in [2.75, 3.05) is 31.7 Å². The van der Waals surface area contributed by atoms with Gasteiger partial charge in [-0.05, 0) is 18.6 Å². The Labute approximate surface area is 108 Å². The first kappa shape index (κ1) is 14.0. The third kappa shape index (κ3) is 3.48. The Hall–Kier alpha value is -2.04. The van der Waals surface area contributed by atoms with Crippen LogP contribution in [0.1, 0.15) is 17.5 Å². The fourth-order valence-corrected chi connectivity index (χ4v) is 1.89. The number of nitriles is 2. The molecule has 0 aliphatic rings. The Balaban J connectivity index is 3.04. The lowest BCUT2D eigenvalue weighted by atomic mass is 10.1. The van der Waals surface area contributed by atoms with Crippen molar-refractivity contribution in [3.63, 3.8) is 0 Å². The third-order valence-electron chi connectivity index (χ3n) is 2.73. The molecule has 18 heavy (non-hydrogen) atoms. The molecule has 1 aromatic carbocycles. The Kier molecular flexibility index (Phi) is 5.70. The van der Waals surface area contributed by atoms with Crippen LogP contribution in [0.2, 0.25) is 0 Å². The molecule has 0 aliphatic carbocycles. The highest BCUT2D eigenvalue weighted by Gasteiger charge is 2.13. The number of hydrogen-bond acceptors (Lipinski definition) is 4. The maximum absolute atomic E-state index is 9.17. The number of anilines is 1. The molecule has 0 fully saturated rings. The summed E-state index contributed by atoms with van der Waals surface area (Å²) in [6.45, 7) is 3.84. The Bertz CT molecular complexity index is 471. The molecular formula is C14H17N3O. The molecule has 4 heteroatoms. The monoisotopic (exact) mass is 243 g/mol. The van der Waals surface area contributed by atoms with E-state index in [0.29, 0.717) is 31.7 Å². The van der Waals surface area contributed by atoms with E-state index < -0.39 is 0 Å². The maximum atomic E-state index is 9.17. The summed E-state index contributed by atoms with van der Waals surface area (Å²) in [6, 6.07) is 9.99. The molecule has 0 spiro atoms. The second-order valence-electron chi connectivity index (χ2n) is 3.97. The van der Waals surface area contributed by atoms with Crippen molar-refractivity contribution in [1.29, 1.82) is 10.5 Å². The number of hydrogen-bond donors (Lipinski definition) is 0. The smallest absolute Gasteiger partial charge is 0.101 e. The summed E-state index contributed by atoms with van der Waals surface area (Å²) in [5.41, 5.74) is 2.60. The van der Waals surface area contributed by atoms with Crippen molar-refractivity contribution in [3.8, 4) is 12.1 Å². The van der Waals surface area contributed by atoms with E-state index in [1.807, 2.05) is 24.0 Å². The second-order valence-corrected chi connectivity index (χ2v) is 3.97. The van der Waals surface area contributed by atoms with Crippen molar-refractivity contribution in [3.05, 3.63) is 29.3 Å². The average Bonchev–Trinajstić information content (AvgIpc) is 2.39. The molecule has 0 aromatic heterocycles. The molecule has 0 radical (unpaired) electrons. The molecule has 0 unspecified atom stereocenters. The SMILES string of the molecule is COCCN(CCC#N)c1c(C)cccc1C#N. The minimum atomic E-state index is 0.433. The zero-order valence-electron chi connectivity index (χ0n) is 10.8. The fourth-order valence-electron chi connectivity index (χ4n) is 1.89. The molecule has 94 valence electrons. The summed E-state index contributed by atoms with van der Waals surface area (Å²) in [5.74, 6) is 0. The van der Waals surface area contributed by atoms with Crippen LogP contribution in [0, 0.1) is 29.6 Å². The predicted molar refractivity (Wildman–Crippen MR) is 70.2 cm³/mol. The van der Waals surface area contributed by atoms with E-state index >= 15 is 0 Å². The molecule has 0 bridgehead atoms.